The van der Waals surface area contributed by atoms with Crippen LogP contribution < -0.4 is 0 Å². The van der Waals surface area contributed by atoms with Crippen LogP contribution in [0.3, 0.4) is 0 Å². The summed E-state index contributed by atoms with van der Waals surface area (Å²) in [6.45, 7) is -1.53. The molecule has 0 fully saturated rings. The summed E-state index contributed by atoms with van der Waals surface area (Å²) in [6, 6.07) is 0. The van der Waals surface area contributed by atoms with E-state index in [0.717, 1.165) is 0 Å². The molecular weight excluding hydrogens is 279 g/mol. The van der Waals surface area contributed by atoms with Gasteiger partial charge in [-0.25, -0.2) is 8.42 Å². The van der Waals surface area contributed by atoms with Crippen molar-refractivity contribution in [3.05, 3.63) is 0 Å². The van der Waals surface area contributed by atoms with Gasteiger partial charge in [0.1, 0.15) is 13.1 Å². The molecule has 0 spiro atoms. The Labute approximate surface area is 102 Å². The number of hydrogen-bond donors (Lipinski definition) is 1. The maximum Gasteiger partial charge on any atom is 0.402 e. The molecule has 0 saturated heterocycles. The highest BCUT2D eigenvalue weighted by Crippen LogP contribution is 2.18. The maximum absolute atomic E-state index is 12.1. The van der Waals surface area contributed by atoms with E-state index in [9.17, 15) is 26.4 Å². The van der Waals surface area contributed by atoms with Crippen molar-refractivity contribution in [2.75, 3.05) is 32.1 Å². The number of carbonyl (C=O) groups is 1. The number of aliphatic carboxylic acids is 1. The summed E-state index contributed by atoms with van der Waals surface area (Å²) in [4.78, 5) is 10.4. The van der Waals surface area contributed by atoms with Gasteiger partial charge in [-0.15, -0.1) is 0 Å². The van der Waals surface area contributed by atoms with Crippen LogP contribution in [0.1, 0.15) is 6.92 Å². The molecule has 18 heavy (non-hydrogen) atoms. The van der Waals surface area contributed by atoms with Crippen LogP contribution in [-0.4, -0.2) is 62.0 Å². The molecule has 0 rings (SSSR count). The number of rotatable bonds is 8. The molecule has 0 aliphatic rings. The summed E-state index contributed by atoms with van der Waals surface area (Å²) < 4.78 is 64.0. The maximum atomic E-state index is 12.1. The fraction of sp³-hybridized carbons (Fsp3) is 0.875. The summed E-state index contributed by atoms with van der Waals surface area (Å²) >= 11 is 0. The number of carboxylic acid groups (broad SMARTS) is 1. The Morgan fingerprint density at radius 2 is 1.94 bits per heavy atom. The molecule has 0 aromatic carbocycles. The fourth-order valence-electron chi connectivity index (χ4n) is 1.04. The summed E-state index contributed by atoms with van der Waals surface area (Å²) in [6.07, 6.45) is -4.80. The van der Waals surface area contributed by atoms with Crippen LogP contribution in [-0.2, 0) is 19.6 Å². The van der Waals surface area contributed by atoms with Gasteiger partial charge in [-0.2, -0.15) is 17.5 Å². The van der Waals surface area contributed by atoms with Gasteiger partial charge in [0, 0.05) is 6.61 Å². The van der Waals surface area contributed by atoms with Gasteiger partial charge in [0.15, 0.2) is 0 Å². The van der Waals surface area contributed by atoms with Crippen LogP contribution in [0.15, 0.2) is 0 Å². The zero-order valence-corrected chi connectivity index (χ0v) is 10.4. The molecule has 6 nitrogen and oxygen atoms in total. The van der Waals surface area contributed by atoms with Crippen molar-refractivity contribution in [1.82, 2.24) is 4.31 Å². The number of alkyl halides is 3. The monoisotopic (exact) mass is 293 g/mol. The fourth-order valence-corrected chi connectivity index (χ4v) is 2.28. The van der Waals surface area contributed by atoms with Crippen LogP contribution >= 0.6 is 0 Å². The first kappa shape index (κ1) is 17.1. The molecule has 0 unspecified atom stereocenters. The predicted molar refractivity (Wildman–Crippen MR) is 55.5 cm³/mol. The summed E-state index contributed by atoms with van der Waals surface area (Å²) in [5.74, 6) is -2.34. The Bertz CT molecular complexity index is 367. The first-order chi connectivity index (χ1) is 8.08. The van der Waals surface area contributed by atoms with E-state index in [4.69, 9.17) is 9.84 Å². The average Bonchev–Trinajstić information content (AvgIpc) is 2.14. The lowest BCUT2D eigenvalue weighted by molar-refractivity contribution is -0.146. The van der Waals surface area contributed by atoms with Crippen molar-refractivity contribution in [3.63, 3.8) is 0 Å². The minimum absolute atomic E-state index is 0.117. The van der Waals surface area contributed by atoms with E-state index < -0.39 is 41.0 Å². The highest BCUT2D eigenvalue weighted by atomic mass is 32.2. The van der Waals surface area contributed by atoms with Gasteiger partial charge in [0.05, 0.1) is 12.4 Å². The SMILES string of the molecule is CCOCCS(=O)(=O)N(CC(=O)O)CC(F)(F)F. The molecule has 0 heterocycles. The second-order valence-electron chi connectivity index (χ2n) is 3.29. The smallest absolute Gasteiger partial charge is 0.402 e. The quantitative estimate of drug-likeness (QED) is 0.651. The van der Waals surface area contributed by atoms with Crippen molar-refractivity contribution >= 4 is 16.0 Å². The number of ether oxygens (including phenoxy) is 1. The van der Waals surface area contributed by atoms with Crippen molar-refractivity contribution < 1.29 is 36.2 Å². The third-order valence-corrected chi connectivity index (χ3v) is 3.48. The molecule has 0 aliphatic heterocycles. The molecule has 0 atom stereocenters. The lowest BCUT2D eigenvalue weighted by atomic mass is 10.6. The van der Waals surface area contributed by atoms with Crippen LogP contribution in [0.5, 0.6) is 0 Å². The lowest BCUT2D eigenvalue weighted by Gasteiger charge is -2.21. The van der Waals surface area contributed by atoms with Crippen molar-refractivity contribution in [3.8, 4) is 0 Å². The second kappa shape index (κ2) is 6.90. The van der Waals surface area contributed by atoms with E-state index in [2.05, 4.69) is 0 Å². The van der Waals surface area contributed by atoms with E-state index in [1.165, 1.54) is 0 Å². The highest BCUT2D eigenvalue weighted by molar-refractivity contribution is 7.89. The Balaban J connectivity index is 4.77. The van der Waals surface area contributed by atoms with Crippen LogP contribution in [0.4, 0.5) is 13.2 Å². The summed E-state index contributed by atoms with van der Waals surface area (Å²) in [5, 5.41) is 8.41. The zero-order chi connectivity index (χ0) is 14.4. The van der Waals surface area contributed by atoms with Gasteiger partial charge < -0.3 is 9.84 Å². The van der Waals surface area contributed by atoms with E-state index in [0.29, 0.717) is 0 Å². The largest absolute Gasteiger partial charge is 0.480 e. The third-order valence-electron chi connectivity index (χ3n) is 1.75. The Morgan fingerprint density at radius 1 is 1.39 bits per heavy atom. The second-order valence-corrected chi connectivity index (χ2v) is 5.38. The molecule has 0 amide bonds. The topological polar surface area (TPSA) is 83.9 Å². The van der Waals surface area contributed by atoms with E-state index >= 15 is 0 Å². The molecule has 1 N–H and O–H groups in total. The third kappa shape index (κ3) is 7.45. The minimum atomic E-state index is -4.80. The van der Waals surface area contributed by atoms with Gasteiger partial charge in [-0.1, -0.05) is 0 Å². The molecule has 0 aliphatic carbocycles. The van der Waals surface area contributed by atoms with Crippen molar-refractivity contribution in [2.24, 2.45) is 0 Å². The van der Waals surface area contributed by atoms with E-state index in [-0.39, 0.29) is 17.5 Å². The van der Waals surface area contributed by atoms with E-state index in [1.54, 1.807) is 6.92 Å². The van der Waals surface area contributed by atoms with Crippen molar-refractivity contribution in [1.29, 1.82) is 0 Å². The molecule has 10 heteroatoms. The van der Waals surface area contributed by atoms with Crippen LogP contribution in [0.25, 0.3) is 0 Å². The standard InChI is InChI=1S/C8H14F3NO5S/c1-2-17-3-4-18(15,16)12(5-7(13)14)6-8(9,10)11/h2-6H2,1H3,(H,13,14). The number of carboxylic acids is 1. The van der Waals surface area contributed by atoms with Gasteiger partial charge >= 0.3 is 12.1 Å². The number of hydrogen-bond acceptors (Lipinski definition) is 4. The molecule has 0 bridgehead atoms. The number of halogens is 3. The average molecular weight is 293 g/mol. The Kier molecular flexibility index (Phi) is 6.57. The van der Waals surface area contributed by atoms with Crippen molar-refractivity contribution in [2.45, 2.75) is 13.1 Å². The molecular formula is C8H14F3NO5S. The Morgan fingerprint density at radius 3 is 2.33 bits per heavy atom. The first-order valence-electron chi connectivity index (χ1n) is 4.92. The molecule has 0 saturated carbocycles. The highest BCUT2D eigenvalue weighted by Gasteiger charge is 2.37. The van der Waals surface area contributed by atoms with Crippen LogP contribution in [0.2, 0.25) is 0 Å². The summed E-state index contributed by atoms with van der Waals surface area (Å²) in [5.41, 5.74) is 0. The normalized spacial score (nSPS) is 12.9. The van der Waals surface area contributed by atoms with Gasteiger partial charge in [0.2, 0.25) is 10.0 Å². The number of nitrogens with zero attached hydrogens (tertiary/aromatic N) is 1. The minimum Gasteiger partial charge on any atom is -0.480 e. The first-order valence-corrected chi connectivity index (χ1v) is 6.53. The van der Waals surface area contributed by atoms with Gasteiger partial charge in [0.25, 0.3) is 0 Å². The van der Waals surface area contributed by atoms with E-state index in [1.807, 2.05) is 0 Å². The molecule has 0 radical (unpaired) electrons. The summed E-state index contributed by atoms with van der Waals surface area (Å²) in [7, 11) is -4.32. The van der Waals surface area contributed by atoms with Gasteiger partial charge in [-0.3, -0.25) is 4.79 Å². The molecule has 108 valence electrons. The molecule has 0 aromatic rings. The molecule has 0 aromatic heterocycles. The Hall–Kier alpha value is -0.870. The predicted octanol–water partition coefficient (Wildman–Crippen LogP) is 0.302. The van der Waals surface area contributed by atoms with Crippen LogP contribution in [0, 0.1) is 0 Å². The number of sulfonamides is 1. The zero-order valence-electron chi connectivity index (χ0n) is 9.61. The van der Waals surface area contributed by atoms with Gasteiger partial charge in [-0.05, 0) is 6.92 Å². The lowest BCUT2D eigenvalue weighted by Crippen LogP contribution is -2.43.